The van der Waals surface area contributed by atoms with Gasteiger partial charge in [-0.1, -0.05) is 12.8 Å². The Labute approximate surface area is 136 Å². The minimum Gasteiger partial charge on any atom is -0.301 e. The molecule has 1 saturated carbocycles. The predicted octanol–water partition coefficient (Wildman–Crippen LogP) is 2.55. The number of amides is 1. The Bertz CT molecular complexity index is 492. The zero-order valence-electron chi connectivity index (χ0n) is 13.4. The number of aromatic nitrogens is 1. The summed E-state index contributed by atoms with van der Waals surface area (Å²) in [7, 11) is 2.02. The van der Waals surface area contributed by atoms with E-state index in [4.69, 9.17) is 0 Å². The molecule has 1 saturated heterocycles. The molecule has 3 rings (SSSR count). The molecule has 0 aromatic carbocycles. The van der Waals surface area contributed by atoms with Crippen molar-refractivity contribution in [2.75, 3.05) is 32.0 Å². The fourth-order valence-electron chi connectivity index (χ4n) is 2.99. The van der Waals surface area contributed by atoms with Crippen molar-refractivity contribution in [2.24, 2.45) is 0 Å². The van der Waals surface area contributed by atoms with Gasteiger partial charge in [0.05, 0.1) is 12.2 Å². The zero-order chi connectivity index (χ0) is 15.4. The summed E-state index contributed by atoms with van der Waals surface area (Å²) in [5, 5.41) is 5.74. The Morgan fingerprint density at radius 3 is 2.77 bits per heavy atom. The number of carbonyl (C=O) groups is 1. The van der Waals surface area contributed by atoms with E-state index in [1.807, 2.05) is 7.05 Å². The van der Waals surface area contributed by atoms with Gasteiger partial charge in [0.25, 0.3) is 0 Å². The second-order valence-electron chi connectivity index (χ2n) is 6.53. The first-order valence-corrected chi connectivity index (χ1v) is 9.25. The summed E-state index contributed by atoms with van der Waals surface area (Å²) in [6.45, 7) is 3.72. The first kappa shape index (κ1) is 15.9. The molecule has 1 amide bonds. The number of rotatable bonds is 6. The Morgan fingerprint density at radius 2 is 2.09 bits per heavy atom. The molecule has 0 atom stereocenters. The molecule has 5 nitrogen and oxygen atoms in total. The van der Waals surface area contributed by atoms with E-state index in [0.717, 1.165) is 17.4 Å². The molecule has 2 aliphatic rings. The van der Waals surface area contributed by atoms with Crippen molar-refractivity contribution in [3.63, 3.8) is 0 Å². The van der Waals surface area contributed by atoms with Crippen molar-refractivity contribution in [3.05, 3.63) is 11.1 Å². The molecule has 0 unspecified atom stereocenters. The van der Waals surface area contributed by atoms with Crippen molar-refractivity contribution in [3.8, 4) is 0 Å². The Morgan fingerprint density at radius 1 is 1.36 bits per heavy atom. The first-order valence-electron chi connectivity index (χ1n) is 8.37. The molecule has 22 heavy (non-hydrogen) atoms. The van der Waals surface area contributed by atoms with E-state index in [2.05, 4.69) is 25.5 Å². The third-order valence-electron chi connectivity index (χ3n) is 4.45. The van der Waals surface area contributed by atoms with Crippen molar-refractivity contribution in [1.29, 1.82) is 0 Å². The normalized spacial score (nSPS) is 20.1. The average Bonchev–Trinajstić information content (AvgIpc) is 3.27. The van der Waals surface area contributed by atoms with Gasteiger partial charge < -0.3 is 5.32 Å². The fourth-order valence-corrected chi connectivity index (χ4v) is 3.71. The van der Waals surface area contributed by atoms with Gasteiger partial charge in [0.15, 0.2) is 5.13 Å². The highest BCUT2D eigenvalue weighted by Crippen LogP contribution is 2.25. The van der Waals surface area contributed by atoms with Gasteiger partial charge in [-0.2, -0.15) is 0 Å². The van der Waals surface area contributed by atoms with Gasteiger partial charge in [-0.05, 0) is 45.8 Å². The average molecular weight is 322 g/mol. The molecule has 0 bridgehead atoms. The van der Waals surface area contributed by atoms with E-state index in [1.54, 1.807) is 0 Å². The molecule has 1 aromatic heterocycles. The van der Waals surface area contributed by atoms with E-state index in [9.17, 15) is 4.79 Å². The van der Waals surface area contributed by atoms with Crippen LogP contribution in [0.25, 0.3) is 0 Å². The number of hydrogen-bond donors (Lipinski definition) is 1. The molecule has 0 radical (unpaired) electrons. The number of nitrogens with one attached hydrogen (secondary N) is 1. The smallest absolute Gasteiger partial charge is 0.240 e. The number of likely N-dealkylation sites (N-methyl/N-ethyl adjacent to an activating group) is 1. The molecule has 1 aromatic rings. The lowest BCUT2D eigenvalue weighted by Crippen LogP contribution is -2.31. The molecular weight excluding hydrogens is 296 g/mol. The van der Waals surface area contributed by atoms with Gasteiger partial charge >= 0.3 is 0 Å². The third-order valence-corrected chi connectivity index (χ3v) is 5.25. The monoisotopic (exact) mass is 322 g/mol. The topological polar surface area (TPSA) is 48.5 Å². The van der Waals surface area contributed by atoms with Crippen molar-refractivity contribution in [1.82, 2.24) is 14.8 Å². The summed E-state index contributed by atoms with van der Waals surface area (Å²) in [5.74, 6) is 0.0464. The summed E-state index contributed by atoms with van der Waals surface area (Å²) in [5.41, 5.74) is 1.08. The standard InChI is InChI=1S/C16H26N4OS/c1-19(14-6-7-14)11-15(21)18-16-17-13(12-22-16)10-20-8-4-2-3-5-9-20/h12,14H,2-11H2,1H3,(H,17,18,21). The molecule has 2 heterocycles. The van der Waals surface area contributed by atoms with Crippen LogP contribution < -0.4 is 5.32 Å². The molecule has 1 aliphatic carbocycles. The maximum absolute atomic E-state index is 12.0. The van der Waals surface area contributed by atoms with E-state index >= 15 is 0 Å². The van der Waals surface area contributed by atoms with E-state index in [1.165, 1.54) is 63.0 Å². The Kier molecular flexibility index (Phi) is 5.44. The summed E-state index contributed by atoms with van der Waals surface area (Å²) in [4.78, 5) is 21.2. The van der Waals surface area contributed by atoms with E-state index in [-0.39, 0.29) is 5.91 Å². The molecule has 122 valence electrons. The molecule has 0 spiro atoms. The second-order valence-corrected chi connectivity index (χ2v) is 7.39. The van der Waals surface area contributed by atoms with Crippen LogP contribution in [-0.4, -0.2) is 53.4 Å². The highest BCUT2D eigenvalue weighted by molar-refractivity contribution is 7.13. The van der Waals surface area contributed by atoms with Crippen molar-refractivity contribution < 1.29 is 4.79 Å². The van der Waals surface area contributed by atoms with Crippen molar-refractivity contribution in [2.45, 2.75) is 51.1 Å². The summed E-state index contributed by atoms with van der Waals surface area (Å²) < 4.78 is 0. The van der Waals surface area contributed by atoms with Crippen LogP contribution in [0.15, 0.2) is 5.38 Å². The number of thiazole rings is 1. The third kappa shape index (κ3) is 4.76. The lowest BCUT2D eigenvalue weighted by atomic mass is 10.2. The van der Waals surface area contributed by atoms with Crippen LogP contribution in [0.1, 0.15) is 44.2 Å². The largest absolute Gasteiger partial charge is 0.301 e. The molecular formula is C16H26N4OS. The van der Waals surface area contributed by atoms with Gasteiger partial charge in [-0.25, -0.2) is 4.98 Å². The fraction of sp³-hybridized carbons (Fsp3) is 0.750. The number of likely N-dealkylation sites (tertiary alicyclic amines) is 1. The molecule has 1 N–H and O–H groups in total. The van der Waals surface area contributed by atoms with E-state index in [0.29, 0.717) is 12.6 Å². The SMILES string of the molecule is CN(CC(=O)Nc1nc(CN2CCCCCC2)cs1)C1CC1. The quantitative estimate of drug-likeness (QED) is 0.874. The maximum Gasteiger partial charge on any atom is 0.240 e. The maximum atomic E-state index is 12.0. The van der Waals surface area contributed by atoms with E-state index < -0.39 is 0 Å². The van der Waals surface area contributed by atoms with Gasteiger partial charge in [0, 0.05) is 18.0 Å². The summed E-state index contributed by atoms with van der Waals surface area (Å²) >= 11 is 1.53. The second kappa shape index (κ2) is 7.53. The van der Waals surface area contributed by atoms with Gasteiger partial charge in [0.2, 0.25) is 5.91 Å². The number of hydrogen-bond acceptors (Lipinski definition) is 5. The zero-order valence-corrected chi connectivity index (χ0v) is 14.2. The lowest BCUT2D eigenvalue weighted by Gasteiger charge is -2.18. The lowest BCUT2D eigenvalue weighted by molar-refractivity contribution is -0.117. The van der Waals surface area contributed by atoms with Crippen LogP contribution >= 0.6 is 11.3 Å². The number of anilines is 1. The number of carbonyl (C=O) groups excluding carboxylic acids is 1. The summed E-state index contributed by atoms with van der Waals surface area (Å²) in [6, 6.07) is 0.612. The van der Waals surface area contributed by atoms with Gasteiger partial charge in [0.1, 0.15) is 0 Å². The van der Waals surface area contributed by atoms with Gasteiger partial charge in [-0.15, -0.1) is 11.3 Å². The Balaban J connectivity index is 1.46. The Hall–Kier alpha value is -0.980. The minimum absolute atomic E-state index is 0.0464. The molecule has 1 aliphatic heterocycles. The van der Waals surface area contributed by atoms with Crippen LogP contribution in [0.2, 0.25) is 0 Å². The van der Waals surface area contributed by atoms with Crippen LogP contribution in [-0.2, 0) is 11.3 Å². The highest BCUT2D eigenvalue weighted by Gasteiger charge is 2.27. The molecule has 2 fully saturated rings. The van der Waals surface area contributed by atoms with Crippen LogP contribution in [0.3, 0.4) is 0 Å². The predicted molar refractivity (Wildman–Crippen MR) is 90.1 cm³/mol. The van der Waals surface area contributed by atoms with Crippen LogP contribution in [0.5, 0.6) is 0 Å². The first-order chi connectivity index (χ1) is 10.7. The van der Waals surface area contributed by atoms with Crippen LogP contribution in [0, 0.1) is 0 Å². The minimum atomic E-state index is 0.0464. The van der Waals surface area contributed by atoms with Crippen LogP contribution in [0.4, 0.5) is 5.13 Å². The summed E-state index contributed by atoms with van der Waals surface area (Å²) in [6.07, 6.45) is 7.73. The molecule has 6 heteroatoms. The number of nitrogens with zero attached hydrogens (tertiary/aromatic N) is 3. The van der Waals surface area contributed by atoms with Crippen molar-refractivity contribution >= 4 is 22.4 Å². The highest BCUT2D eigenvalue weighted by atomic mass is 32.1. The van der Waals surface area contributed by atoms with Gasteiger partial charge in [-0.3, -0.25) is 14.6 Å².